The van der Waals surface area contributed by atoms with Crippen LogP contribution in [0.15, 0.2) is 30.3 Å². The molecule has 2 nitrogen and oxygen atoms in total. The van der Waals surface area contributed by atoms with Crippen molar-refractivity contribution >= 4 is 11.6 Å². The van der Waals surface area contributed by atoms with Gasteiger partial charge in [0.2, 0.25) is 5.78 Å². The van der Waals surface area contributed by atoms with Gasteiger partial charge in [-0.2, -0.15) is 0 Å². The number of carbonyl (C=O) groups excluding carboxylic acids is 2. The normalized spacial score (nSPS) is 22.3. The molecule has 0 amide bonds. The van der Waals surface area contributed by atoms with Crippen molar-refractivity contribution in [3.05, 3.63) is 35.9 Å². The summed E-state index contributed by atoms with van der Waals surface area (Å²) in [5, 5.41) is 0. The van der Waals surface area contributed by atoms with Gasteiger partial charge in [-0.05, 0) is 42.2 Å². The summed E-state index contributed by atoms with van der Waals surface area (Å²) < 4.78 is 0. The van der Waals surface area contributed by atoms with Crippen LogP contribution in [0.3, 0.4) is 0 Å². The highest BCUT2D eigenvalue weighted by Crippen LogP contribution is 2.39. The van der Waals surface area contributed by atoms with E-state index in [1.807, 2.05) is 30.3 Å². The van der Waals surface area contributed by atoms with Crippen molar-refractivity contribution in [2.45, 2.75) is 40.0 Å². The van der Waals surface area contributed by atoms with Gasteiger partial charge in [0.05, 0.1) is 5.92 Å². The van der Waals surface area contributed by atoms with Gasteiger partial charge >= 0.3 is 0 Å². The molecule has 1 aliphatic rings. The van der Waals surface area contributed by atoms with Gasteiger partial charge in [-0.25, -0.2) is 0 Å². The van der Waals surface area contributed by atoms with Crippen molar-refractivity contribution in [2.24, 2.45) is 17.3 Å². The van der Waals surface area contributed by atoms with Gasteiger partial charge in [0.15, 0.2) is 0 Å². The van der Waals surface area contributed by atoms with Gasteiger partial charge in [0.1, 0.15) is 5.78 Å². The molecule has 1 aromatic rings. The second-order valence-electron chi connectivity index (χ2n) is 6.84. The van der Waals surface area contributed by atoms with Crippen LogP contribution in [0.1, 0.15) is 45.6 Å². The zero-order valence-electron chi connectivity index (χ0n) is 13.0. The maximum Gasteiger partial charge on any atom is 0.216 e. The summed E-state index contributed by atoms with van der Waals surface area (Å²) in [6, 6.07) is 9.40. The maximum absolute atomic E-state index is 12.3. The Labute approximate surface area is 126 Å². The Morgan fingerprint density at radius 3 is 2.48 bits per heavy atom. The van der Waals surface area contributed by atoms with Gasteiger partial charge in [0, 0.05) is 12.0 Å². The van der Waals surface area contributed by atoms with E-state index < -0.39 is 5.92 Å². The molecule has 1 aromatic carbocycles. The van der Waals surface area contributed by atoms with E-state index >= 15 is 0 Å². The number of ketones is 2. The Bertz CT molecular complexity index is 581. The summed E-state index contributed by atoms with van der Waals surface area (Å²) in [6.45, 7) is 6.51. The molecule has 21 heavy (non-hydrogen) atoms. The Kier molecular flexibility index (Phi) is 4.63. The third kappa shape index (κ3) is 4.04. The Balaban J connectivity index is 2.11. The number of carbonyl (C=O) groups is 2. The zero-order valence-corrected chi connectivity index (χ0v) is 13.0. The average Bonchev–Trinajstić information content (AvgIpc) is 2.45. The highest BCUT2D eigenvalue weighted by Gasteiger charge is 2.37. The van der Waals surface area contributed by atoms with E-state index in [1.54, 1.807) is 0 Å². The van der Waals surface area contributed by atoms with Crippen molar-refractivity contribution in [3.63, 3.8) is 0 Å². The molecular formula is C19H22O2. The summed E-state index contributed by atoms with van der Waals surface area (Å²) in [5.74, 6) is 5.24. The molecule has 0 bridgehead atoms. The molecule has 0 heterocycles. The minimum Gasteiger partial charge on any atom is -0.299 e. The molecule has 2 unspecified atom stereocenters. The Morgan fingerprint density at radius 2 is 1.86 bits per heavy atom. The monoisotopic (exact) mass is 282 g/mol. The summed E-state index contributed by atoms with van der Waals surface area (Å²) in [7, 11) is 0. The van der Waals surface area contributed by atoms with Crippen molar-refractivity contribution in [2.75, 3.05) is 0 Å². The van der Waals surface area contributed by atoms with Crippen LogP contribution in [0.4, 0.5) is 0 Å². The maximum atomic E-state index is 12.3. The average molecular weight is 282 g/mol. The first-order valence-corrected chi connectivity index (χ1v) is 7.51. The predicted octanol–water partition coefficient (Wildman–Crippen LogP) is 3.64. The highest BCUT2D eigenvalue weighted by molar-refractivity contribution is 6.11. The smallest absolute Gasteiger partial charge is 0.216 e. The fraction of sp³-hybridized carbons (Fsp3) is 0.474. The zero-order chi connectivity index (χ0) is 15.5. The lowest BCUT2D eigenvalue weighted by atomic mass is 9.68. The van der Waals surface area contributed by atoms with E-state index in [0.29, 0.717) is 18.8 Å². The lowest BCUT2D eigenvalue weighted by Crippen LogP contribution is -2.35. The van der Waals surface area contributed by atoms with E-state index in [0.717, 1.165) is 12.0 Å². The van der Waals surface area contributed by atoms with Crippen molar-refractivity contribution in [3.8, 4) is 11.8 Å². The Hall–Kier alpha value is -1.88. The van der Waals surface area contributed by atoms with Crippen LogP contribution in [0, 0.1) is 29.1 Å². The molecule has 110 valence electrons. The van der Waals surface area contributed by atoms with Crippen LogP contribution < -0.4 is 0 Å². The van der Waals surface area contributed by atoms with Crippen LogP contribution >= 0.6 is 0 Å². The minimum absolute atomic E-state index is 0.0582. The second-order valence-corrected chi connectivity index (χ2v) is 6.84. The second kappa shape index (κ2) is 6.26. The SMILES string of the molecule is CC(C)(C)C1CCC(=O)C(C(=O)C#Cc2ccccc2)C1. The molecule has 2 atom stereocenters. The molecule has 0 N–H and O–H groups in total. The molecule has 0 aromatic heterocycles. The van der Waals surface area contributed by atoms with E-state index in [-0.39, 0.29) is 17.0 Å². The Morgan fingerprint density at radius 1 is 1.19 bits per heavy atom. The fourth-order valence-corrected chi connectivity index (χ4v) is 2.81. The summed E-state index contributed by atoms with van der Waals surface area (Å²) in [6.07, 6.45) is 2.04. The van der Waals surface area contributed by atoms with Crippen molar-refractivity contribution in [1.29, 1.82) is 0 Å². The highest BCUT2D eigenvalue weighted by atomic mass is 16.1. The van der Waals surface area contributed by atoms with Crippen molar-refractivity contribution in [1.82, 2.24) is 0 Å². The quantitative estimate of drug-likeness (QED) is 0.582. The summed E-state index contributed by atoms with van der Waals surface area (Å²) in [4.78, 5) is 24.3. The third-order valence-electron chi connectivity index (χ3n) is 4.29. The molecule has 0 spiro atoms. The molecule has 1 aliphatic carbocycles. The fourth-order valence-electron chi connectivity index (χ4n) is 2.81. The number of Topliss-reactive ketones (excluding diaryl/α,β-unsaturated/α-hetero) is 2. The van der Waals surface area contributed by atoms with Crippen molar-refractivity contribution < 1.29 is 9.59 Å². The molecule has 1 fully saturated rings. The lowest BCUT2D eigenvalue weighted by Gasteiger charge is -2.35. The predicted molar refractivity (Wildman–Crippen MR) is 83.6 cm³/mol. The van der Waals surface area contributed by atoms with E-state index in [4.69, 9.17) is 0 Å². The van der Waals surface area contributed by atoms with Gasteiger partial charge in [-0.3, -0.25) is 9.59 Å². The molecule has 0 saturated heterocycles. The summed E-state index contributed by atoms with van der Waals surface area (Å²) in [5.41, 5.74) is 0.938. The van der Waals surface area contributed by atoms with E-state index in [2.05, 4.69) is 32.6 Å². The number of rotatable bonds is 1. The third-order valence-corrected chi connectivity index (χ3v) is 4.29. The summed E-state index contributed by atoms with van der Waals surface area (Å²) >= 11 is 0. The molecular weight excluding hydrogens is 260 g/mol. The number of hydrogen-bond acceptors (Lipinski definition) is 2. The van der Waals surface area contributed by atoms with Crippen LogP contribution in [0.2, 0.25) is 0 Å². The molecule has 0 aliphatic heterocycles. The standard InChI is InChI=1S/C19H22O2/c1-19(2,3)15-10-12-18(21)16(13-15)17(20)11-9-14-7-5-4-6-8-14/h4-8,15-16H,10,12-13H2,1-3H3. The van der Waals surface area contributed by atoms with Gasteiger partial charge < -0.3 is 0 Å². The largest absolute Gasteiger partial charge is 0.299 e. The van der Waals surface area contributed by atoms with E-state index in [1.165, 1.54) is 0 Å². The first-order chi connectivity index (χ1) is 9.88. The van der Waals surface area contributed by atoms with Crippen LogP contribution in [-0.4, -0.2) is 11.6 Å². The lowest BCUT2D eigenvalue weighted by molar-refractivity contribution is -0.133. The molecule has 0 radical (unpaired) electrons. The van der Waals surface area contributed by atoms with Gasteiger partial charge in [-0.1, -0.05) is 44.9 Å². The van der Waals surface area contributed by atoms with Crippen LogP contribution in [0.5, 0.6) is 0 Å². The first kappa shape index (κ1) is 15.5. The van der Waals surface area contributed by atoms with Crippen LogP contribution in [-0.2, 0) is 9.59 Å². The van der Waals surface area contributed by atoms with Gasteiger partial charge in [0.25, 0.3) is 0 Å². The topological polar surface area (TPSA) is 34.1 Å². The van der Waals surface area contributed by atoms with E-state index in [9.17, 15) is 9.59 Å². The number of benzene rings is 1. The minimum atomic E-state index is -0.529. The molecule has 2 rings (SSSR count). The molecule has 2 heteroatoms. The van der Waals surface area contributed by atoms with Gasteiger partial charge in [-0.15, -0.1) is 0 Å². The number of hydrogen-bond donors (Lipinski definition) is 0. The first-order valence-electron chi connectivity index (χ1n) is 7.51. The molecule has 1 saturated carbocycles. The van der Waals surface area contributed by atoms with Crippen LogP contribution in [0.25, 0.3) is 0 Å².